The minimum atomic E-state index is 0.461. The van der Waals surface area contributed by atoms with Crippen molar-refractivity contribution in [2.45, 2.75) is 6.42 Å². The summed E-state index contributed by atoms with van der Waals surface area (Å²) in [6.07, 6.45) is 3.53. The summed E-state index contributed by atoms with van der Waals surface area (Å²) in [5, 5.41) is 8.88. The standard InChI is InChI=1S/C8H9ClN4/c1-13(4-2-3-10)8-11-5-7(9)6-12-8/h5-6H,2,4H2,1H3. The fraction of sp³-hybridized carbons (Fsp3) is 0.375. The van der Waals surface area contributed by atoms with E-state index < -0.39 is 0 Å². The zero-order chi connectivity index (χ0) is 9.68. The normalized spacial score (nSPS) is 9.31. The molecule has 0 N–H and O–H groups in total. The van der Waals surface area contributed by atoms with Crippen LogP contribution in [-0.4, -0.2) is 23.6 Å². The minimum Gasteiger partial charge on any atom is -0.343 e. The molecule has 13 heavy (non-hydrogen) atoms. The molecule has 0 bridgehead atoms. The Balaban J connectivity index is 2.62. The highest BCUT2D eigenvalue weighted by Crippen LogP contribution is 2.08. The van der Waals surface area contributed by atoms with Crippen molar-refractivity contribution in [2.24, 2.45) is 0 Å². The summed E-state index contributed by atoms with van der Waals surface area (Å²) < 4.78 is 0. The third kappa shape index (κ3) is 2.88. The van der Waals surface area contributed by atoms with E-state index in [1.54, 1.807) is 4.90 Å². The molecular weight excluding hydrogens is 188 g/mol. The van der Waals surface area contributed by atoms with Crippen LogP contribution < -0.4 is 4.90 Å². The summed E-state index contributed by atoms with van der Waals surface area (Å²) in [7, 11) is 1.83. The molecule has 0 unspecified atom stereocenters. The Morgan fingerprint density at radius 2 is 2.15 bits per heavy atom. The van der Waals surface area contributed by atoms with Gasteiger partial charge in [-0.25, -0.2) is 9.97 Å². The van der Waals surface area contributed by atoms with Crippen molar-refractivity contribution in [3.8, 4) is 6.07 Å². The molecule has 0 saturated carbocycles. The topological polar surface area (TPSA) is 52.8 Å². The van der Waals surface area contributed by atoms with Gasteiger partial charge in [0.05, 0.1) is 29.9 Å². The van der Waals surface area contributed by atoms with Gasteiger partial charge < -0.3 is 4.90 Å². The van der Waals surface area contributed by atoms with Crippen LogP contribution in [0.15, 0.2) is 12.4 Å². The molecule has 1 rings (SSSR count). The maximum atomic E-state index is 8.37. The van der Waals surface area contributed by atoms with Crippen LogP contribution in [0, 0.1) is 11.3 Å². The smallest absolute Gasteiger partial charge is 0.225 e. The molecule has 5 heteroatoms. The highest BCUT2D eigenvalue weighted by atomic mass is 35.5. The van der Waals surface area contributed by atoms with Crippen molar-refractivity contribution in [1.29, 1.82) is 5.26 Å². The van der Waals surface area contributed by atoms with Gasteiger partial charge in [0.25, 0.3) is 0 Å². The Morgan fingerprint density at radius 1 is 1.54 bits per heavy atom. The van der Waals surface area contributed by atoms with Gasteiger partial charge in [0.15, 0.2) is 0 Å². The number of nitrogens with zero attached hydrogens (tertiary/aromatic N) is 4. The number of hydrogen-bond donors (Lipinski definition) is 0. The van der Waals surface area contributed by atoms with Crippen molar-refractivity contribution in [3.05, 3.63) is 17.4 Å². The molecule has 0 fully saturated rings. The van der Waals surface area contributed by atoms with E-state index in [-0.39, 0.29) is 0 Å². The second-order valence-corrected chi connectivity index (χ2v) is 2.97. The van der Waals surface area contributed by atoms with Crippen molar-refractivity contribution >= 4 is 17.5 Å². The van der Waals surface area contributed by atoms with Gasteiger partial charge in [-0.1, -0.05) is 11.6 Å². The van der Waals surface area contributed by atoms with Gasteiger partial charge in [-0.05, 0) is 0 Å². The second-order valence-electron chi connectivity index (χ2n) is 2.53. The van der Waals surface area contributed by atoms with E-state index >= 15 is 0 Å². The Hall–Kier alpha value is -1.34. The molecule has 68 valence electrons. The first-order valence-corrected chi connectivity index (χ1v) is 4.17. The Kier molecular flexibility index (Phi) is 3.47. The number of aromatic nitrogens is 2. The van der Waals surface area contributed by atoms with Gasteiger partial charge in [-0.2, -0.15) is 5.26 Å². The summed E-state index contributed by atoms with van der Waals surface area (Å²) in [6, 6.07) is 2.06. The maximum Gasteiger partial charge on any atom is 0.225 e. The first-order valence-electron chi connectivity index (χ1n) is 3.79. The van der Waals surface area contributed by atoms with Crippen LogP contribution in [0.25, 0.3) is 0 Å². The number of halogens is 1. The van der Waals surface area contributed by atoms with Gasteiger partial charge in [0.1, 0.15) is 0 Å². The van der Waals surface area contributed by atoms with E-state index in [4.69, 9.17) is 16.9 Å². The van der Waals surface area contributed by atoms with Gasteiger partial charge in [0, 0.05) is 13.6 Å². The van der Waals surface area contributed by atoms with Gasteiger partial charge in [-0.3, -0.25) is 0 Å². The number of anilines is 1. The predicted molar refractivity (Wildman–Crippen MR) is 50.5 cm³/mol. The molecule has 1 aromatic rings. The molecule has 0 aliphatic heterocycles. The zero-order valence-corrected chi connectivity index (χ0v) is 7.99. The summed E-state index contributed by atoms with van der Waals surface area (Å²) in [6.45, 7) is 0.623. The highest BCUT2D eigenvalue weighted by Gasteiger charge is 2.02. The molecule has 0 spiro atoms. The van der Waals surface area contributed by atoms with E-state index in [0.717, 1.165) is 0 Å². The summed E-state index contributed by atoms with van der Waals surface area (Å²) in [4.78, 5) is 9.81. The van der Waals surface area contributed by atoms with Crippen LogP contribution in [0.1, 0.15) is 6.42 Å². The van der Waals surface area contributed by atoms with Crippen molar-refractivity contribution < 1.29 is 0 Å². The number of nitriles is 1. The molecule has 0 aliphatic carbocycles. The van der Waals surface area contributed by atoms with E-state index in [9.17, 15) is 0 Å². The van der Waals surface area contributed by atoms with Crippen LogP contribution in [0.3, 0.4) is 0 Å². The maximum absolute atomic E-state index is 8.37. The summed E-state index contributed by atoms with van der Waals surface area (Å²) in [5.41, 5.74) is 0. The molecule has 4 nitrogen and oxygen atoms in total. The number of rotatable bonds is 3. The Morgan fingerprint density at radius 3 is 2.69 bits per heavy atom. The molecule has 0 saturated heterocycles. The minimum absolute atomic E-state index is 0.461. The molecule has 0 radical (unpaired) electrons. The first-order chi connectivity index (χ1) is 6.24. The molecule has 1 heterocycles. The van der Waals surface area contributed by atoms with Crippen LogP contribution in [-0.2, 0) is 0 Å². The van der Waals surface area contributed by atoms with E-state index in [1.807, 2.05) is 7.05 Å². The third-order valence-electron chi connectivity index (χ3n) is 1.51. The molecule has 1 aromatic heterocycles. The fourth-order valence-corrected chi connectivity index (χ4v) is 0.918. The van der Waals surface area contributed by atoms with Crippen LogP contribution in [0.5, 0.6) is 0 Å². The quantitative estimate of drug-likeness (QED) is 0.735. The third-order valence-corrected chi connectivity index (χ3v) is 1.70. The average Bonchev–Trinajstić information content (AvgIpc) is 2.15. The van der Waals surface area contributed by atoms with E-state index in [1.165, 1.54) is 12.4 Å². The highest BCUT2D eigenvalue weighted by molar-refractivity contribution is 6.30. The number of hydrogen-bond acceptors (Lipinski definition) is 4. The molecule has 0 amide bonds. The Bertz CT molecular complexity index is 303. The average molecular weight is 197 g/mol. The van der Waals surface area contributed by atoms with Gasteiger partial charge in [-0.15, -0.1) is 0 Å². The van der Waals surface area contributed by atoms with Crippen molar-refractivity contribution in [3.63, 3.8) is 0 Å². The molecule has 0 aliphatic rings. The van der Waals surface area contributed by atoms with Crippen molar-refractivity contribution in [1.82, 2.24) is 9.97 Å². The molecule has 0 aromatic carbocycles. The van der Waals surface area contributed by atoms with Gasteiger partial charge in [0.2, 0.25) is 5.95 Å². The predicted octanol–water partition coefficient (Wildman–Crippen LogP) is 1.48. The monoisotopic (exact) mass is 196 g/mol. The lowest BCUT2D eigenvalue weighted by Gasteiger charge is -2.14. The lowest BCUT2D eigenvalue weighted by molar-refractivity contribution is 0.858. The summed E-state index contributed by atoms with van der Waals surface area (Å²) >= 11 is 5.62. The first kappa shape index (κ1) is 9.75. The largest absolute Gasteiger partial charge is 0.343 e. The van der Waals surface area contributed by atoms with Crippen LogP contribution >= 0.6 is 11.6 Å². The lowest BCUT2D eigenvalue weighted by atomic mass is 10.4. The second kappa shape index (κ2) is 4.63. The summed E-state index contributed by atoms with van der Waals surface area (Å²) in [5.74, 6) is 0.583. The SMILES string of the molecule is CN(CCC#N)c1ncc(Cl)cn1. The van der Waals surface area contributed by atoms with E-state index in [0.29, 0.717) is 23.9 Å². The molecule has 0 atom stereocenters. The fourth-order valence-electron chi connectivity index (χ4n) is 0.820. The zero-order valence-electron chi connectivity index (χ0n) is 7.24. The molecular formula is C8H9ClN4. The van der Waals surface area contributed by atoms with Crippen LogP contribution in [0.4, 0.5) is 5.95 Å². The van der Waals surface area contributed by atoms with Crippen LogP contribution in [0.2, 0.25) is 5.02 Å². The van der Waals surface area contributed by atoms with Gasteiger partial charge >= 0.3 is 0 Å². The Labute approximate surface area is 81.8 Å². The van der Waals surface area contributed by atoms with E-state index in [2.05, 4.69) is 16.0 Å². The lowest BCUT2D eigenvalue weighted by Crippen LogP contribution is -2.20. The van der Waals surface area contributed by atoms with Crippen molar-refractivity contribution in [2.75, 3.05) is 18.5 Å².